The Morgan fingerprint density at radius 1 is 0.479 bits per heavy atom. The molecule has 0 aromatic carbocycles. The number of Topliss-reactive ketones (excluding diaryl/α,β-unsaturated/α-hetero) is 6. The average Bonchev–Trinajstić information content (AvgIpc) is 3.07. The molecule has 0 radical (unpaired) electrons. The summed E-state index contributed by atoms with van der Waals surface area (Å²) >= 11 is 0. The highest BCUT2D eigenvalue weighted by Crippen LogP contribution is 2.20. The molecule has 6 aliphatic rings. The van der Waals surface area contributed by atoms with Crippen LogP contribution in [0.25, 0.3) is 0 Å². The van der Waals surface area contributed by atoms with Crippen molar-refractivity contribution in [2.24, 2.45) is 23.7 Å². The molecular weight excluding hydrogens is 600 g/mol. The van der Waals surface area contributed by atoms with Crippen molar-refractivity contribution in [1.29, 1.82) is 0 Å². The van der Waals surface area contributed by atoms with E-state index < -0.39 is 0 Å². The van der Waals surface area contributed by atoms with Crippen molar-refractivity contribution < 1.29 is 28.8 Å². The van der Waals surface area contributed by atoms with Gasteiger partial charge in [0.05, 0.1) is 0 Å². The summed E-state index contributed by atoms with van der Waals surface area (Å²) < 4.78 is 0. The molecule has 6 nitrogen and oxygen atoms in total. The number of ketones is 6. The molecule has 4 unspecified atom stereocenters. The van der Waals surface area contributed by atoms with Gasteiger partial charge in [-0.15, -0.1) is 0 Å². The summed E-state index contributed by atoms with van der Waals surface area (Å²) in [6.07, 6.45) is 29.9. The molecule has 0 saturated heterocycles. The van der Waals surface area contributed by atoms with Gasteiger partial charge in [-0.3, -0.25) is 28.8 Å². The zero-order valence-electron chi connectivity index (χ0n) is 31.0. The average molecular weight is 665 g/mol. The molecule has 0 aliphatic heterocycles. The third-order valence-corrected chi connectivity index (χ3v) is 9.73. The minimum atomic E-state index is 0.184. The Morgan fingerprint density at radius 2 is 0.979 bits per heavy atom. The monoisotopic (exact) mass is 664 g/mol. The van der Waals surface area contributed by atoms with Gasteiger partial charge in [0.15, 0.2) is 11.6 Å². The quantitative estimate of drug-likeness (QED) is 0.239. The van der Waals surface area contributed by atoms with E-state index in [1.807, 2.05) is 65.8 Å². The standard InChI is InChI=1S/2C7H12O.4C7H10O/c6*1-6-4-2-3-5-7(6)8/h2*6H,2-5H2,1H3;2*4H,2-3,5H2,1H3;2,4,6H,3,5H2,1H3;2-3,6H,4-5H2,1H3. The lowest BCUT2D eigenvalue weighted by atomic mass is 9.90. The van der Waals surface area contributed by atoms with Gasteiger partial charge in [-0.25, -0.2) is 0 Å². The first-order valence-electron chi connectivity index (χ1n) is 18.7. The van der Waals surface area contributed by atoms with E-state index >= 15 is 0 Å². The molecule has 268 valence electrons. The van der Waals surface area contributed by atoms with Gasteiger partial charge in [0.2, 0.25) is 0 Å². The van der Waals surface area contributed by atoms with Gasteiger partial charge in [0.25, 0.3) is 0 Å². The van der Waals surface area contributed by atoms with Crippen LogP contribution in [0.4, 0.5) is 0 Å². The van der Waals surface area contributed by atoms with E-state index in [2.05, 4.69) is 12.2 Å². The normalized spacial score (nSPS) is 26.6. The molecule has 6 aliphatic carbocycles. The van der Waals surface area contributed by atoms with Crippen LogP contribution in [0.3, 0.4) is 0 Å². The largest absolute Gasteiger partial charge is 0.299 e. The van der Waals surface area contributed by atoms with E-state index in [0.717, 1.165) is 107 Å². The zero-order chi connectivity index (χ0) is 35.9. The molecule has 2 fully saturated rings. The first-order valence-corrected chi connectivity index (χ1v) is 18.7. The molecule has 0 aromatic heterocycles. The zero-order valence-corrected chi connectivity index (χ0v) is 31.0. The van der Waals surface area contributed by atoms with Gasteiger partial charge in [-0.2, -0.15) is 0 Å². The first kappa shape index (κ1) is 43.0. The van der Waals surface area contributed by atoms with Crippen LogP contribution in [0, 0.1) is 23.7 Å². The molecule has 0 spiro atoms. The summed E-state index contributed by atoms with van der Waals surface area (Å²) in [6, 6.07) is 0. The summed E-state index contributed by atoms with van der Waals surface area (Å²) in [4.78, 5) is 64.5. The molecule has 2 saturated carbocycles. The Balaban J connectivity index is 0.000000288. The van der Waals surface area contributed by atoms with E-state index in [1.54, 1.807) is 0 Å². The second kappa shape index (κ2) is 25.0. The van der Waals surface area contributed by atoms with E-state index in [1.165, 1.54) is 12.8 Å². The van der Waals surface area contributed by atoms with Gasteiger partial charge in [-0.1, -0.05) is 77.0 Å². The van der Waals surface area contributed by atoms with Crippen LogP contribution < -0.4 is 0 Å². The van der Waals surface area contributed by atoms with Crippen LogP contribution in [0.2, 0.25) is 0 Å². The predicted octanol–water partition coefficient (Wildman–Crippen LogP) is 9.99. The fourth-order valence-corrected chi connectivity index (χ4v) is 5.79. The molecule has 0 amide bonds. The van der Waals surface area contributed by atoms with Crippen LogP contribution in [-0.2, 0) is 28.8 Å². The SMILES string of the molecule is CC1=CCCCC1=O.CC1=CCCCC1=O.CC1C=CCCC1=O.CC1CC=CCC1=O.CC1CCCCC1=O.CC1CCCCC1=O. The number of hydrogen-bond donors (Lipinski definition) is 0. The summed E-state index contributed by atoms with van der Waals surface area (Å²) in [7, 11) is 0. The van der Waals surface area contributed by atoms with Crippen molar-refractivity contribution in [3.63, 3.8) is 0 Å². The Labute approximate surface area is 291 Å². The molecule has 0 heterocycles. The van der Waals surface area contributed by atoms with Crippen molar-refractivity contribution in [3.05, 3.63) is 47.6 Å². The lowest BCUT2D eigenvalue weighted by Gasteiger charge is -2.14. The fourth-order valence-electron chi connectivity index (χ4n) is 5.79. The number of hydrogen-bond acceptors (Lipinski definition) is 6. The maximum absolute atomic E-state index is 10.8. The van der Waals surface area contributed by atoms with Crippen LogP contribution in [0.1, 0.15) is 157 Å². The third-order valence-electron chi connectivity index (χ3n) is 9.73. The lowest BCUT2D eigenvalue weighted by Crippen LogP contribution is -2.14. The summed E-state index contributed by atoms with van der Waals surface area (Å²) in [5, 5.41) is 0. The maximum atomic E-state index is 10.8. The number of rotatable bonds is 0. The molecule has 6 heteroatoms. The van der Waals surface area contributed by atoms with Gasteiger partial charge in [0.1, 0.15) is 23.1 Å². The lowest BCUT2D eigenvalue weighted by molar-refractivity contribution is -0.124. The first-order chi connectivity index (χ1) is 22.8. The maximum Gasteiger partial charge on any atom is 0.158 e. The molecule has 0 N–H and O–H groups in total. The van der Waals surface area contributed by atoms with E-state index in [-0.39, 0.29) is 11.8 Å². The van der Waals surface area contributed by atoms with E-state index in [0.29, 0.717) is 53.0 Å². The fraction of sp³-hybridized carbons (Fsp3) is 0.667. The van der Waals surface area contributed by atoms with Crippen molar-refractivity contribution in [3.8, 4) is 0 Å². The number of carbonyl (C=O) groups excluding carboxylic acids is 6. The molecule has 4 atom stereocenters. The highest BCUT2D eigenvalue weighted by atomic mass is 16.1. The highest BCUT2D eigenvalue weighted by molar-refractivity contribution is 5.95. The Bertz CT molecular complexity index is 1120. The molecular formula is C42H64O6. The van der Waals surface area contributed by atoms with Gasteiger partial charge >= 0.3 is 0 Å². The smallest absolute Gasteiger partial charge is 0.158 e. The topological polar surface area (TPSA) is 102 Å². The van der Waals surface area contributed by atoms with Gasteiger partial charge in [-0.05, 0) is 89.2 Å². The second-order valence-corrected chi connectivity index (χ2v) is 14.1. The van der Waals surface area contributed by atoms with Crippen molar-refractivity contribution >= 4 is 34.7 Å². The van der Waals surface area contributed by atoms with E-state index in [4.69, 9.17) is 0 Å². The summed E-state index contributed by atoms with van der Waals surface area (Å²) in [5.41, 5.74) is 1.91. The van der Waals surface area contributed by atoms with Crippen LogP contribution in [0.15, 0.2) is 47.6 Å². The van der Waals surface area contributed by atoms with Crippen molar-refractivity contribution in [2.75, 3.05) is 0 Å². The Hall–Kier alpha value is -3.02. The second-order valence-electron chi connectivity index (χ2n) is 14.1. The highest BCUT2D eigenvalue weighted by Gasteiger charge is 2.17. The van der Waals surface area contributed by atoms with Crippen LogP contribution >= 0.6 is 0 Å². The Kier molecular flexibility index (Phi) is 22.4. The Morgan fingerprint density at radius 3 is 1.23 bits per heavy atom. The summed E-state index contributed by atoms with van der Waals surface area (Å²) in [6.45, 7) is 11.8. The van der Waals surface area contributed by atoms with Crippen molar-refractivity contribution in [2.45, 2.75) is 157 Å². The molecule has 0 bridgehead atoms. The predicted molar refractivity (Wildman–Crippen MR) is 196 cm³/mol. The van der Waals surface area contributed by atoms with Gasteiger partial charge < -0.3 is 0 Å². The molecule has 48 heavy (non-hydrogen) atoms. The minimum Gasteiger partial charge on any atom is -0.299 e. The van der Waals surface area contributed by atoms with Gasteiger partial charge in [0, 0.05) is 62.2 Å². The number of carbonyl (C=O) groups is 6. The third kappa shape index (κ3) is 19.1. The minimum absolute atomic E-state index is 0.184. The van der Waals surface area contributed by atoms with Crippen molar-refractivity contribution in [1.82, 2.24) is 0 Å². The number of allylic oxidation sites excluding steroid dienone is 8. The summed E-state index contributed by atoms with van der Waals surface area (Å²) in [5.74, 6) is 3.55. The molecule has 6 rings (SSSR count). The van der Waals surface area contributed by atoms with Crippen LogP contribution in [-0.4, -0.2) is 34.7 Å². The molecule has 0 aromatic rings. The van der Waals surface area contributed by atoms with E-state index in [9.17, 15) is 28.8 Å². The van der Waals surface area contributed by atoms with Crippen LogP contribution in [0.5, 0.6) is 0 Å².